The van der Waals surface area contributed by atoms with Gasteiger partial charge in [-0.25, -0.2) is 0 Å². The molecule has 0 atom stereocenters. The first-order valence-corrected chi connectivity index (χ1v) is 10.9. The standard InChI is InChI=1S/C20H34O7S/c1-20(2,3)27-28(21,22)19-9-7-18(8-10-19)6-5-11-24-14-15-26-17-16-25-13-12-23-4/h7-10H,5-6,11-17H2,1-4H3. The van der Waals surface area contributed by atoms with Gasteiger partial charge in [0.25, 0.3) is 10.1 Å². The Balaban J connectivity index is 2.13. The molecule has 0 aliphatic rings. The van der Waals surface area contributed by atoms with Gasteiger partial charge < -0.3 is 18.9 Å². The normalized spacial score (nSPS) is 12.4. The van der Waals surface area contributed by atoms with E-state index in [2.05, 4.69) is 0 Å². The molecule has 0 spiro atoms. The van der Waals surface area contributed by atoms with E-state index in [4.69, 9.17) is 23.1 Å². The van der Waals surface area contributed by atoms with Gasteiger partial charge in [0, 0.05) is 13.7 Å². The third kappa shape index (κ3) is 11.7. The molecule has 1 aromatic rings. The lowest BCUT2D eigenvalue weighted by Gasteiger charge is -2.18. The van der Waals surface area contributed by atoms with Crippen LogP contribution in [0.25, 0.3) is 0 Å². The number of hydrogen-bond acceptors (Lipinski definition) is 7. The highest BCUT2D eigenvalue weighted by Gasteiger charge is 2.23. The molecule has 0 bridgehead atoms. The SMILES string of the molecule is COCCOCCOCCOCCCc1ccc(S(=O)(=O)OC(C)(C)C)cc1. The first kappa shape index (κ1) is 25.0. The molecule has 8 heteroatoms. The molecule has 0 saturated carbocycles. The molecule has 0 radical (unpaired) electrons. The Morgan fingerprint density at radius 3 is 1.79 bits per heavy atom. The lowest BCUT2D eigenvalue weighted by atomic mass is 10.1. The summed E-state index contributed by atoms with van der Waals surface area (Å²) in [6.45, 7) is 9.09. The lowest BCUT2D eigenvalue weighted by Crippen LogP contribution is -2.24. The summed E-state index contributed by atoms with van der Waals surface area (Å²) in [5.74, 6) is 0. The van der Waals surface area contributed by atoms with Gasteiger partial charge in [0.2, 0.25) is 0 Å². The predicted octanol–water partition coefficient (Wildman–Crippen LogP) is 2.82. The fraction of sp³-hybridized carbons (Fsp3) is 0.700. The molecular weight excluding hydrogens is 384 g/mol. The van der Waals surface area contributed by atoms with Crippen LogP contribution in [0.3, 0.4) is 0 Å². The molecule has 0 aliphatic heterocycles. The number of methoxy groups -OCH3 is 1. The van der Waals surface area contributed by atoms with E-state index in [0.717, 1.165) is 18.4 Å². The second kappa shape index (κ2) is 13.2. The molecule has 0 unspecified atom stereocenters. The van der Waals surface area contributed by atoms with Gasteiger partial charge in [-0.1, -0.05) is 12.1 Å². The van der Waals surface area contributed by atoms with E-state index in [1.54, 1.807) is 40.0 Å². The second-order valence-electron chi connectivity index (χ2n) is 7.23. The van der Waals surface area contributed by atoms with Crippen molar-refractivity contribution in [1.29, 1.82) is 0 Å². The maximum Gasteiger partial charge on any atom is 0.297 e. The number of hydrogen-bond donors (Lipinski definition) is 0. The van der Waals surface area contributed by atoms with Crippen molar-refractivity contribution in [3.63, 3.8) is 0 Å². The summed E-state index contributed by atoms with van der Waals surface area (Å²) >= 11 is 0. The van der Waals surface area contributed by atoms with E-state index < -0.39 is 15.7 Å². The summed E-state index contributed by atoms with van der Waals surface area (Å²) in [7, 11) is -2.10. The van der Waals surface area contributed by atoms with Crippen LogP contribution in [0.2, 0.25) is 0 Å². The van der Waals surface area contributed by atoms with Gasteiger partial charge in [0.05, 0.1) is 50.1 Å². The zero-order valence-corrected chi connectivity index (χ0v) is 18.3. The first-order chi connectivity index (χ1) is 13.2. The summed E-state index contributed by atoms with van der Waals surface area (Å²) in [5.41, 5.74) is 0.304. The van der Waals surface area contributed by atoms with Crippen LogP contribution >= 0.6 is 0 Å². The van der Waals surface area contributed by atoms with Crippen molar-refractivity contribution < 1.29 is 31.5 Å². The molecule has 162 valence electrons. The summed E-state index contributed by atoms with van der Waals surface area (Å²) < 4.78 is 50.6. The van der Waals surface area contributed by atoms with E-state index in [0.29, 0.717) is 46.2 Å². The minimum Gasteiger partial charge on any atom is -0.382 e. The Morgan fingerprint density at radius 2 is 1.29 bits per heavy atom. The summed E-state index contributed by atoms with van der Waals surface area (Å²) in [4.78, 5) is 0.172. The van der Waals surface area contributed by atoms with Crippen molar-refractivity contribution in [2.24, 2.45) is 0 Å². The lowest BCUT2D eigenvalue weighted by molar-refractivity contribution is 0.00344. The fourth-order valence-electron chi connectivity index (χ4n) is 2.26. The van der Waals surface area contributed by atoms with Gasteiger partial charge in [-0.3, -0.25) is 4.18 Å². The quantitative estimate of drug-likeness (QED) is 0.320. The highest BCUT2D eigenvalue weighted by Crippen LogP contribution is 2.20. The minimum absolute atomic E-state index is 0.172. The molecule has 1 rings (SSSR count). The second-order valence-corrected chi connectivity index (χ2v) is 8.77. The Labute approximate surface area is 169 Å². The van der Waals surface area contributed by atoms with Crippen LogP contribution in [0.1, 0.15) is 32.8 Å². The van der Waals surface area contributed by atoms with Crippen LogP contribution in [0.5, 0.6) is 0 Å². The van der Waals surface area contributed by atoms with Crippen LogP contribution in [-0.4, -0.2) is 67.4 Å². The molecule has 0 amide bonds. The zero-order valence-electron chi connectivity index (χ0n) is 17.4. The molecule has 0 fully saturated rings. The zero-order chi connectivity index (χ0) is 20.9. The van der Waals surface area contributed by atoms with E-state index in [1.807, 2.05) is 12.1 Å². The summed E-state index contributed by atoms with van der Waals surface area (Å²) in [6, 6.07) is 6.79. The summed E-state index contributed by atoms with van der Waals surface area (Å²) in [5, 5.41) is 0. The summed E-state index contributed by atoms with van der Waals surface area (Å²) in [6.07, 6.45) is 1.67. The van der Waals surface area contributed by atoms with Gasteiger partial charge >= 0.3 is 0 Å². The van der Waals surface area contributed by atoms with Gasteiger partial charge in [-0.15, -0.1) is 0 Å². The van der Waals surface area contributed by atoms with Crippen LogP contribution in [0.15, 0.2) is 29.2 Å². The smallest absolute Gasteiger partial charge is 0.297 e. The molecule has 7 nitrogen and oxygen atoms in total. The largest absolute Gasteiger partial charge is 0.382 e. The van der Waals surface area contributed by atoms with E-state index in [-0.39, 0.29) is 4.90 Å². The first-order valence-electron chi connectivity index (χ1n) is 9.51. The van der Waals surface area contributed by atoms with E-state index >= 15 is 0 Å². The van der Waals surface area contributed by atoms with Crippen LogP contribution < -0.4 is 0 Å². The Hall–Kier alpha value is -1.03. The maximum atomic E-state index is 12.2. The topological polar surface area (TPSA) is 80.3 Å². The highest BCUT2D eigenvalue weighted by molar-refractivity contribution is 7.86. The van der Waals surface area contributed by atoms with Crippen LogP contribution in [-0.2, 0) is 39.7 Å². The van der Waals surface area contributed by atoms with Gasteiger partial charge in [-0.05, 0) is 51.3 Å². The number of benzene rings is 1. The van der Waals surface area contributed by atoms with Gasteiger partial charge in [-0.2, -0.15) is 8.42 Å². The Morgan fingerprint density at radius 1 is 0.786 bits per heavy atom. The van der Waals surface area contributed by atoms with Crippen molar-refractivity contribution in [3.8, 4) is 0 Å². The minimum atomic E-state index is -3.74. The number of aryl methyl sites for hydroxylation is 1. The van der Waals surface area contributed by atoms with Crippen molar-refractivity contribution in [2.45, 2.75) is 44.1 Å². The molecule has 1 aromatic carbocycles. The van der Waals surface area contributed by atoms with Crippen molar-refractivity contribution in [3.05, 3.63) is 29.8 Å². The van der Waals surface area contributed by atoms with Crippen molar-refractivity contribution >= 4 is 10.1 Å². The molecule has 28 heavy (non-hydrogen) atoms. The number of ether oxygens (including phenoxy) is 4. The van der Waals surface area contributed by atoms with E-state index in [1.165, 1.54) is 0 Å². The molecule has 0 saturated heterocycles. The monoisotopic (exact) mass is 418 g/mol. The Kier molecular flexibility index (Phi) is 11.8. The van der Waals surface area contributed by atoms with Crippen molar-refractivity contribution in [2.75, 3.05) is 53.4 Å². The Bertz CT molecular complexity index is 621. The molecule has 0 aromatic heterocycles. The van der Waals surface area contributed by atoms with Crippen LogP contribution in [0.4, 0.5) is 0 Å². The highest BCUT2D eigenvalue weighted by atomic mass is 32.2. The van der Waals surface area contributed by atoms with Gasteiger partial charge in [0.15, 0.2) is 0 Å². The third-order valence-electron chi connectivity index (χ3n) is 3.50. The molecule has 0 heterocycles. The third-order valence-corrected chi connectivity index (χ3v) is 5.07. The molecule has 0 aliphatic carbocycles. The van der Waals surface area contributed by atoms with Crippen LogP contribution in [0, 0.1) is 0 Å². The predicted molar refractivity (Wildman–Crippen MR) is 107 cm³/mol. The molecular formula is C20H34O7S. The van der Waals surface area contributed by atoms with E-state index in [9.17, 15) is 8.42 Å². The number of rotatable bonds is 15. The maximum absolute atomic E-state index is 12.2. The van der Waals surface area contributed by atoms with Gasteiger partial charge in [0.1, 0.15) is 0 Å². The molecule has 0 N–H and O–H groups in total. The fourth-order valence-corrected chi connectivity index (χ4v) is 3.49. The average Bonchev–Trinajstić information content (AvgIpc) is 2.61. The van der Waals surface area contributed by atoms with Crippen molar-refractivity contribution in [1.82, 2.24) is 0 Å². The average molecular weight is 419 g/mol.